The summed E-state index contributed by atoms with van der Waals surface area (Å²) >= 11 is 0. The number of carbonyl (C=O) groups is 1. The molecule has 0 aromatic heterocycles. The van der Waals surface area contributed by atoms with Crippen LogP contribution in [-0.4, -0.2) is 37.7 Å². The van der Waals surface area contributed by atoms with E-state index < -0.39 is 23.8 Å². The Morgan fingerprint density at radius 1 is 1.21 bits per heavy atom. The minimum absolute atomic E-state index is 0.306. The zero-order chi connectivity index (χ0) is 19.9. The van der Waals surface area contributed by atoms with Gasteiger partial charge in [0, 0.05) is 19.6 Å². The van der Waals surface area contributed by atoms with E-state index in [-0.39, 0.29) is 5.91 Å². The lowest BCUT2D eigenvalue weighted by Gasteiger charge is -2.18. The molecule has 2 aromatic rings. The molecular formula is C21H21F2N3O2. The first-order valence-corrected chi connectivity index (χ1v) is 9.13. The Labute approximate surface area is 162 Å². The molecule has 1 heterocycles. The summed E-state index contributed by atoms with van der Waals surface area (Å²) in [4.78, 5) is 12.3. The largest absolute Gasteiger partial charge is 0.367 e. The first-order chi connectivity index (χ1) is 13.6. The highest BCUT2D eigenvalue weighted by molar-refractivity contribution is 5.81. The van der Waals surface area contributed by atoms with Crippen LogP contribution in [-0.2, 0) is 16.0 Å². The Kier molecular flexibility index (Phi) is 6.69. The minimum atomic E-state index is -0.899. The molecule has 1 saturated heterocycles. The number of ether oxygens (including phenoxy) is 1. The average molecular weight is 385 g/mol. The minimum Gasteiger partial charge on any atom is -0.367 e. The molecule has 1 fully saturated rings. The average Bonchev–Trinajstić information content (AvgIpc) is 3.00. The zero-order valence-corrected chi connectivity index (χ0v) is 15.3. The fraction of sp³-hybridized carbons (Fsp3) is 0.333. The van der Waals surface area contributed by atoms with Gasteiger partial charge in [0.1, 0.15) is 12.1 Å². The van der Waals surface area contributed by atoms with Crippen molar-refractivity contribution in [2.75, 3.05) is 19.7 Å². The molecular weight excluding hydrogens is 364 g/mol. The Morgan fingerprint density at radius 3 is 2.68 bits per heavy atom. The third kappa shape index (κ3) is 5.12. The maximum Gasteiger partial charge on any atom is 0.251 e. The van der Waals surface area contributed by atoms with Crippen LogP contribution in [0.1, 0.15) is 12.0 Å². The van der Waals surface area contributed by atoms with Gasteiger partial charge < -0.3 is 15.4 Å². The van der Waals surface area contributed by atoms with Crippen molar-refractivity contribution in [2.24, 2.45) is 0 Å². The zero-order valence-electron chi connectivity index (χ0n) is 15.3. The summed E-state index contributed by atoms with van der Waals surface area (Å²) in [5, 5.41) is 15.2. The predicted octanol–water partition coefficient (Wildman–Crippen LogP) is 2.56. The molecule has 2 N–H and O–H groups in total. The number of rotatable bonds is 5. The summed E-state index contributed by atoms with van der Waals surface area (Å²) in [5.41, 5.74) is 2.14. The number of hydrogen-bond acceptors (Lipinski definition) is 4. The van der Waals surface area contributed by atoms with Crippen LogP contribution in [0.15, 0.2) is 42.5 Å². The van der Waals surface area contributed by atoms with Gasteiger partial charge in [-0.05, 0) is 41.8 Å². The number of carbonyl (C=O) groups excluding carboxylic acids is 1. The van der Waals surface area contributed by atoms with Crippen molar-refractivity contribution in [3.05, 3.63) is 59.7 Å². The van der Waals surface area contributed by atoms with E-state index in [0.29, 0.717) is 25.1 Å². The van der Waals surface area contributed by atoms with Crippen molar-refractivity contribution in [3.8, 4) is 17.2 Å². The number of amides is 1. The second kappa shape index (κ2) is 9.40. The van der Waals surface area contributed by atoms with Crippen LogP contribution in [0.3, 0.4) is 0 Å². The van der Waals surface area contributed by atoms with Gasteiger partial charge in [0.25, 0.3) is 5.91 Å². The monoisotopic (exact) mass is 385 g/mol. The topological polar surface area (TPSA) is 74.2 Å². The Balaban J connectivity index is 1.62. The van der Waals surface area contributed by atoms with E-state index in [1.54, 1.807) is 24.3 Å². The second-order valence-electron chi connectivity index (χ2n) is 6.64. The maximum absolute atomic E-state index is 13.4. The molecule has 0 bridgehead atoms. The maximum atomic E-state index is 13.4. The third-order valence-corrected chi connectivity index (χ3v) is 4.56. The van der Waals surface area contributed by atoms with Gasteiger partial charge >= 0.3 is 0 Å². The number of benzene rings is 2. The van der Waals surface area contributed by atoms with Gasteiger partial charge in [0.05, 0.1) is 6.07 Å². The Hall–Kier alpha value is -2.82. The third-order valence-electron chi connectivity index (χ3n) is 4.56. The fourth-order valence-corrected chi connectivity index (χ4v) is 3.02. The van der Waals surface area contributed by atoms with Crippen LogP contribution in [0.25, 0.3) is 11.1 Å². The van der Waals surface area contributed by atoms with E-state index in [9.17, 15) is 18.8 Å². The number of nitrogens with zero attached hydrogens (tertiary/aromatic N) is 1. The molecule has 1 aliphatic rings. The SMILES string of the molecule is N#C[C@H](Cc1ccc(-c2ccc(F)c(F)c2)cc1)NC(=O)[C@@H]1CNCCCO1. The highest BCUT2D eigenvalue weighted by atomic mass is 19.2. The predicted molar refractivity (Wildman–Crippen MR) is 100 cm³/mol. The van der Waals surface area contributed by atoms with E-state index in [1.807, 2.05) is 0 Å². The number of hydrogen-bond donors (Lipinski definition) is 2. The van der Waals surface area contributed by atoms with Gasteiger partial charge in [-0.1, -0.05) is 30.3 Å². The molecule has 2 atom stereocenters. The normalized spacial score (nSPS) is 18.0. The lowest BCUT2D eigenvalue weighted by atomic mass is 10.0. The smallest absolute Gasteiger partial charge is 0.251 e. The quantitative estimate of drug-likeness (QED) is 0.830. The van der Waals surface area contributed by atoms with Crippen molar-refractivity contribution in [3.63, 3.8) is 0 Å². The van der Waals surface area contributed by atoms with Crippen molar-refractivity contribution in [1.29, 1.82) is 5.26 Å². The summed E-state index contributed by atoms with van der Waals surface area (Å²) < 4.78 is 32.0. The summed E-state index contributed by atoms with van der Waals surface area (Å²) in [7, 11) is 0. The van der Waals surface area contributed by atoms with Gasteiger partial charge in [-0.2, -0.15) is 5.26 Å². The lowest BCUT2D eigenvalue weighted by molar-refractivity contribution is -0.132. The van der Waals surface area contributed by atoms with Gasteiger partial charge in [-0.15, -0.1) is 0 Å². The highest BCUT2D eigenvalue weighted by Gasteiger charge is 2.23. The van der Waals surface area contributed by atoms with E-state index >= 15 is 0 Å². The molecule has 0 saturated carbocycles. The molecule has 1 aliphatic heterocycles. The van der Waals surface area contributed by atoms with Crippen molar-refractivity contribution in [1.82, 2.24) is 10.6 Å². The van der Waals surface area contributed by atoms with Crippen LogP contribution in [0.5, 0.6) is 0 Å². The molecule has 2 aromatic carbocycles. The number of nitriles is 1. The molecule has 0 unspecified atom stereocenters. The molecule has 0 aliphatic carbocycles. The highest BCUT2D eigenvalue weighted by Crippen LogP contribution is 2.22. The Morgan fingerprint density at radius 2 is 1.96 bits per heavy atom. The van der Waals surface area contributed by atoms with Crippen LogP contribution < -0.4 is 10.6 Å². The molecule has 0 spiro atoms. The Bertz CT molecular complexity index is 857. The molecule has 1 amide bonds. The summed E-state index contributed by atoms with van der Waals surface area (Å²) in [6.45, 7) is 1.73. The van der Waals surface area contributed by atoms with E-state index in [0.717, 1.165) is 36.2 Å². The molecule has 5 nitrogen and oxygen atoms in total. The van der Waals surface area contributed by atoms with Crippen molar-refractivity contribution < 1.29 is 18.3 Å². The molecule has 7 heteroatoms. The van der Waals surface area contributed by atoms with Crippen molar-refractivity contribution in [2.45, 2.75) is 25.0 Å². The van der Waals surface area contributed by atoms with Gasteiger partial charge in [-0.3, -0.25) is 4.79 Å². The summed E-state index contributed by atoms with van der Waals surface area (Å²) in [6, 6.07) is 12.3. The molecule has 146 valence electrons. The number of halogens is 2. The van der Waals surface area contributed by atoms with E-state index in [4.69, 9.17) is 4.74 Å². The van der Waals surface area contributed by atoms with Crippen LogP contribution in [0.4, 0.5) is 8.78 Å². The van der Waals surface area contributed by atoms with Gasteiger partial charge in [-0.25, -0.2) is 8.78 Å². The summed E-state index contributed by atoms with van der Waals surface area (Å²) in [6.07, 6.45) is 0.574. The number of nitrogens with one attached hydrogen (secondary N) is 2. The van der Waals surface area contributed by atoms with Gasteiger partial charge in [0.15, 0.2) is 11.6 Å². The first kappa shape index (κ1) is 19.9. The van der Waals surface area contributed by atoms with Crippen LogP contribution in [0.2, 0.25) is 0 Å². The lowest BCUT2D eigenvalue weighted by Crippen LogP contribution is -2.46. The molecule has 3 rings (SSSR count). The summed E-state index contributed by atoms with van der Waals surface area (Å²) in [5.74, 6) is -2.09. The fourth-order valence-electron chi connectivity index (χ4n) is 3.02. The standard InChI is InChI=1S/C21H21F2N3O2/c22-18-7-6-16(11-19(18)23)15-4-2-14(3-5-15)10-17(12-24)26-21(27)20-13-25-8-1-9-28-20/h2-7,11,17,20,25H,1,8-10,13H2,(H,26,27)/t17-,20-/m0/s1. The van der Waals surface area contributed by atoms with E-state index in [2.05, 4.69) is 16.7 Å². The molecule has 28 heavy (non-hydrogen) atoms. The second-order valence-corrected chi connectivity index (χ2v) is 6.64. The van der Waals surface area contributed by atoms with Crippen molar-refractivity contribution >= 4 is 5.91 Å². The first-order valence-electron chi connectivity index (χ1n) is 9.13. The van der Waals surface area contributed by atoms with Crippen LogP contribution >= 0.6 is 0 Å². The van der Waals surface area contributed by atoms with Gasteiger partial charge in [0.2, 0.25) is 0 Å². The van der Waals surface area contributed by atoms with E-state index in [1.165, 1.54) is 6.07 Å². The molecule has 0 radical (unpaired) electrons. The van der Waals surface area contributed by atoms with Crippen LogP contribution in [0, 0.1) is 23.0 Å².